The summed E-state index contributed by atoms with van der Waals surface area (Å²) in [5, 5.41) is 11.2. The van der Waals surface area contributed by atoms with Crippen LogP contribution < -0.4 is 5.32 Å². The summed E-state index contributed by atoms with van der Waals surface area (Å²) in [5.74, 6) is -2.80. The first-order valence-electron chi connectivity index (χ1n) is 8.23. The Kier molecular flexibility index (Phi) is 8.25. The van der Waals surface area contributed by atoms with Gasteiger partial charge in [-0.05, 0) is 26.3 Å². The molecule has 1 rings (SSSR count). The van der Waals surface area contributed by atoms with Gasteiger partial charge in [0.1, 0.15) is 31.8 Å². The largest absolute Gasteiger partial charge is 0.480 e. The minimum atomic E-state index is -1.29. The molecule has 27 heavy (non-hydrogen) atoms. The van der Waals surface area contributed by atoms with Crippen LogP contribution in [0.15, 0.2) is 30.3 Å². The highest BCUT2D eigenvalue weighted by atomic mass is 16.6. The van der Waals surface area contributed by atoms with Crippen molar-refractivity contribution in [2.24, 2.45) is 0 Å². The monoisotopic (exact) mass is 380 g/mol. The number of carbonyl (C=O) groups is 4. The molecule has 9 heteroatoms. The Hall–Kier alpha value is -3.10. The Morgan fingerprint density at radius 2 is 1.70 bits per heavy atom. The van der Waals surface area contributed by atoms with E-state index in [1.165, 1.54) is 0 Å². The highest BCUT2D eigenvalue weighted by molar-refractivity contribution is 5.88. The van der Waals surface area contributed by atoms with Crippen LogP contribution in [-0.2, 0) is 30.5 Å². The Bertz CT molecular complexity index is 668. The Balaban J connectivity index is 2.55. The number of carbonyl (C=O) groups excluding carboxylic acids is 3. The number of nitrogens with one attached hydrogen (secondary N) is 1. The van der Waals surface area contributed by atoms with Gasteiger partial charge in [0, 0.05) is 0 Å². The third-order valence-corrected chi connectivity index (χ3v) is 3.02. The van der Waals surface area contributed by atoms with Crippen LogP contribution in [-0.4, -0.2) is 59.2 Å². The zero-order chi connectivity index (χ0) is 20.4. The van der Waals surface area contributed by atoms with E-state index in [0.29, 0.717) is 0 Å². The van der Waals surface area contributed by atoms with E-state index in [9.17, 15) is 19.2 Å². The first kappa shape index (κ1) is 21.9. The lowest BCUT2D eigenvalue weighted by molar-refractivity contribution is -0.152. The van der Waals surface area contributed by atoms with Crippen molar-refractivity contribution in [3.05, 3.63) is 35.9 Å². The highest BCUT2D eigenvalue weighted by Crippen LogP contribution is 2.06. The van der Waals surface area contributed by atoms with Crippen molar-refractivity contribution in [1.29, 1.82) is 0 Å². The van der Waals surface area contributed by atoms with Crippen LogP contribution in [0.25, 0.3) is 0 Å². The summed E-state index contributed by atoms with van der Waals surface area (Å²) in [6.45, 7) is 3.23. The van der Waals surface area contributed by atoms with Crippen molar-refractivity contribution in [3.63, 3.8) is 0 Å². The number of carboxylic acid groups (broad SMARTS) is 1. The Labute approximate surface area is 157 Å². The molecule has 9 nitrogen and oxygen atoms in total. The van der Waals surface area contributed by atoms with Gasteiger partial charge in [-0.15, -0.1) is 0 Å². The second-order valence-electron chi connectivity index (χ2n) is 6.65. The van der Waals surface area contributed by atoms with Gasteiger partial charge >= 0.3 is 18.0 Å². The van der Waals surface area contributed by atoms with Gasteiger partial charge in [0.2, 0.25) is 5.91 Å². The van der Waals surface area contributed by atoms with Gasteiger partial charge in [-0.25, -0.2) is 4.79 Å². The third-order valence-electron chi connectivity index (χ3n) is 3.02. The molecule has 0 aliphatic rings. The maximum atomic E-state index is 12.1. The lowest BCUT2D eigenvalue weighted by Gasteiger charge is -2.22. The molecule has 0 unspecified atom stereocenters. The molecular weight excluding hydrogens is 356 g/mol. The maximum Gasteiger partial charge on any atom is 0.408 e. The fraction of sp³-hybridized carbons (Fsp3) is 0.444. The number of aliphatic carboxylic acids is 1. The van der Waals surface area contributed by atoms with Crippen molar-refractivity contribution in [3.8, 4) is 0 Å². The number of alkyl carbamates (subject to hydrolysis) is 1. The molecule has 1 aromatic carbocycles. The minimum absolute atomic E-state index is 0.00489. The van der Waals surface area contributed by atoms with Crippen molar-refractivity contribution in [1.82, 2.24) is 10.2 Å². The van der Waals surface area contributed by atoms with Crippen molar-refractivity contribution >= 4 is 23.9 Å². The quantitative estimate of drug-likeness (QED) is 0.649. The zero-order valence-corrected chi connectivity index (χ0v) is 15.6. The maximum absolute atomic E-state index is 12.1. The number of ether oxygens (including phenoxy) is 2. The fourth-order valence-electron chi connectivity index (χ4n) is 1.91. The predicted octanol–water partition coefficient (Wildman–Crippen LogP) is 1.17. The molecule has 0 bridgehead atoms. The molecule has 1 aromatic rings. The zero-order valence-electron chi connectivity index (χ0n) is 15.6. The number of benzene rings is 1. The minimum Gasteiger partial charge on any atom is -0.480 e. The summed E-state index contributed by atoms with van der Waals surface area (Å²) >= 11 is 0. The van der Waals surface area contributed by atoms with Crippen LogP contribution in [0.1, 0.15) is 26.3 Å². The van der Waals surface area contributed by atoms with E-state index in [-0.39, 0.29) is 6.61 Å². The summed E-state index contributed by atoms with van der Waals surface area (Å²) in [4.78, 5) is 47.4. The number of carboxylic acids is 1. The van der Waals surface area contributed by atoms with Gasteiger partial charge in [0.15, 0.2) is 0 Å². The van der Waals surface area contributed by atoms with E-state index >= 15 is 0 Å². The molecule has 0 aliphatic carbocycles. The Morgan fingerprint density at radius 3 is 2.26 bits per heavy atom. The van der Waals surface area contributed by atoms with Crippen LogP contribution in [0, 0.1) is 0 Å². The van der Waals surface area contributed by atoms with E-state index in [0.717, 1.165) is 10.5 Å². The topological polar surface area (TPSA) is 122 Å². The number of hydrogen-bond donors (Lipinski definition) is 2. The predicted molar refractivity (Wildman–Crippen MR) is 94.7 cm³/mol. The Morgan fingerprint density at radius 1 is 1.07 bits per heavy atom. The van der Waals surface area contributed by atoms with Gasteiger partial charge in [0.05, 0.1) is 0 Å². The average molecular weight is 380 g/mol. The molecule has 2 amide bonds. The first-order valence-corrected chi connectivity index (χ1v) is 8.23. The molecule has 0 fully saturated rings. The third kappa shape index (κ3) is 9.83. The van der Waals surface area contributed by atoms with E-state index in [4.69, 9.17) is 14.6 Å². The van der Waals surface area contributed by atoms with Crippen molar-refractivity contribution < 1.29 is 33.8 Å². The molecule has 0 saturated heterocycles. The molecule has 0 aromatic heterocycles. The van der Waals surface area contributed by atoms with Crippen LogP contribution in [0.4, 0.5) is 4.79 Å². The molecule has 0 saturated carbocycles. The smallest absolute Gasteiger partial charge is 0.408 e. The highest BCUT2D eigenvalue weighted by Gasteiger charge is 2.22. The second kappa shape index (κ2) is 10.1. The molecule has 0 atom stereocenters. The number of amides is 2. The summed E-state index contributed by atoms with van der Waals surface area (Å²) < 4.78 is 10.0. The second-order valence-corrected chi connectivity index (χ2v) is 6.65. The number of nitrogens with zero attached hydrogens (tertiary/aromatic N) is 1. The van der Waals surface area contributed by atoms with Gasteiger partial charge in [-0.2, -0.15) is 0 Å². The molecule has 148 valence electrons. The molecule has 2 N–H and O–H groups in total. The van der Waals surface area contributed by atoms with Crippen LogP contribution in [0.2, 0.25) is 0 Å². The van der Waals surface area contributed by atoms with Crippen molar-refractivity contribution in [2.45, 2.75) is 33.0 Å². The van der Waals surface area contributed by atoms with Gasteiger partial charge in [-0.1, -0.05) is 30.3 Å². The van der Waals surface area contributed by atoms with E-state index < -0.39 is 49.2 Å². The lowest BCUT2D eigenvalue weighted by Crippen LogP contribution is -2.46. The first-order chi connectivity index (χ1) is 12.6. The molecule has 0 heterocycles. The SMILES string of the molecule is CC(C)(C)OC(=O)NCC(=O)N(CC(=O)O)CC(=O)OCc1ccccc1. The van der Waals surface area contributed by atoms with Crippen LogP contribution >= 0.6 is 0 Å². The van der Waals surface area contributed by atoms with E-state index in [1.807, 2.05) is 6.07 Å². The molecular formula is C18H24N2O7. The molecule has 0 aliphatic heterocycles. The van der Waals surface area contributed by atoms with Gasteiger partial charge < -0.3 is 24.8 Å². The van der Waals surface area contributed by atoms with E-state index in [1.54, 1.807) is 45.0 Å². The summed E-state index contributed by atoms with van der Waals surface area (Å²) in [6, 6.07) is 8.91. The number of esters is 1. The lowest BCUT2D eigenvalue weighted by atomic mass is 10.2. The summed E-state index contributed by atoms with van der Waals surface area (Å²) in [6.07, 6.45) is -0.822. The summed E-state index contributed by atoms with van der Waals surface area (Å²) in [5.41, 5.74) is 0.0170. The van der Waals surface area contributed by atoms with E-state index in [2.05, 4.69) is 5.32 Å². The standard InChI is InChI=1S/C18H24N2O7/c1-18(2,3)27-17(25)19-9-14(21)20(10-15(22)23)11-16(24)26-12-13-7-5-4-6-8-13/h4-8H,9-12H2,1-3H3,(H,19,25)(H,22,23). The molecule has 0 radical (unpaired) electrons. The average Bonchev–Trinajstić information content (AvgIpc) is 2.56. The number of hydrogen-bond acceptors (Lipinski definition) is 6. The van der Waals surface area contributed by atoms with Gasteiger partial charge in [-0.3, -0.25) is 14.4 Å². The fourth-order valence-corrected chi connectivity index (χ4v) is 1.91. The summed E-state index contributed by atoms with van der Waals surface area (Å²) in [7, 11) is 0. The van der Waals surface area contributed by atoms with Crippen LogP contribution in [0.3, 0.4) is 0 Å². The molecule has 0 spiro atoms. The van der Waals surface area contributed by atoms with Gasteiger partial charge in [0.25, 0.3) is 0 Å². The van der Waals surface area contributed by atoms with Crippen LogP contribution in [0.5, 0.6) is 0 Å². The van der Waals surface area contributed by atoms with Crippen molar-refractivity contribution in [2.75, 3.05) is 19.6 Å². The normalized spacial score (nSPS) is 10.6. The number of rotatable bonds is 8.